The molecule has 7 rings (SSSR count). The Morgan fingerprint density at radius 1 is 0.932 bits per heavy atom. The number of benzene rings is 2. The summed E-state index contributed by atoms with van der Waals surface area (Å²) in [7, 11) is 1.93. The Kier molecular flexibility index (Phi) is 7.10. The van der Waals surface area contributed by atoms with Gasteiger partial charge in [0, 0.05) is 62.9 Å². The molecule has 12 nitrogen and oxygen atoms in total. The lowest BCUT2D eigenvalue weighted by molar-refractivity contribution is 0.0385. The molecule has 0 radical (unpaired) electrons. The molecule has 0 N–H and O–H groups in total. The fourth-order valence-corrected chi connectivity index (χ4v) is 5.44. The second-order valence-corrected chi connectivity index (χ2v) is 10.4. The number of amides is 1. The summed E-state index contributed by atoms with van der Waals surface area (Å²) in [6.45, 7) is -1.15. The fraction of sp³-hybridized carbons (Fsp3) is 0.233. The maximum atomic E-state index is 13.5. The number of imidazole rings is 1. The van der Waals surface area contributed by atoms with Crippen LogP contribution in [0.4, 0.5) is 8.78 Å². The van der Waals surface area contributed by atoms with Gasteiger partial charge in [-0.25, -0.2) is 9.97 Å². The minimum Gasteiger partial charge on any atom is -0.436 e. The zero-order valence-electron chi connectivity index (χ0n) is 23.5. The molecule has 6 aromatic rings. The van der Waals surface area contributed by atoms with E-state index >= 15 is 0 Å². The minimum atomic E-state index is -2.89. The van der Waals surface area contributed by atoms with Gasteiger partial charge in [0.05, 0.1) is 6.04 Å². The number of aryl methyl sites for hydroxylation is 1. The van der Waals surface area contributed by atoms with Crippen molar-refractivity contribution in [3.63, 3.8) is 0 Å². The van der Waals surface area contributed by atoms with Crippen LogP contribution in [0.3, 0.4) is 0 Å². The molecular weight excluding hydrogens is 570 g/mol. The molecule has 2 aromatic carbocycles. The molecule has 1 amide bonds. The highest BCUT2D eigenvalue weighted by Gasteiger charge is 2.32. The zero-order chi connectivity index (χ0) is 30.2. The van der Waals surface area contributed by atoms with Crippen LogP contribution in [-0.4, -0.2) is 81.6 Å². The number of carbonyl (C=O) groups is 1. The van der Waals surface area contributed by atoms with Crippen molar-refractivity contribution in [1.29, 1.82) is 0 Å². The van der Waals surface area contributed by atoms with E-state index in [0.29, 0.717) is 53.5 Å². The second-order valence-electron chi connectivity index (χ2n) is 10.4. The van der Waals surface area contributed by atoms with Crippen LogP contribution in [0.1, 0.15) is 34.5 Å². The van der Waals surface area contributed by atoms with Crippen LogP contribution < -0.4 is 0 Å². The normalized spacial score (nSPS) is 14.9. The highest BCUT2D eigenvalue weighted by Crippen LogP contribution is 2.30. The van der Waals surface area contributed by atoms with Crippen molar-refractivity contribution in [3.8, 4) is 22.8 Å². The summed E-state index contributed by atoms with van der Waals surface area (Å²) in [5.74, 6) is 1.15. The van der Waals surface area contributed by atoms with Crippen molar-refractivity contribution >= 4 is 17.0 Å². The maximum Gasteiger partial charge on any atom is 0.350 e. The molecule has 0 saturated carbocycles. The Hall–Kier alpha value is -5.37. The van der Waals surface area contributed by atoms with Crippen LogP contribution in [0.15, 0.2) is 83.7 Å². The molecule has 4 aromatic heterocycles. The van der Waals surface area contributed by atoms with Crippen LogP contribution in [0.2, 0.25) is 0 Å². The van der Waals surface area contributed by atoms with Crippen LogP contribution in [-0.2, 0) is 7.05 Å². The van der Waals surface area contributed by atoms with E-state index in [2.05, 4.69) is 35.3 Å². The van der Waals surface area contributed by atoms with Crippen LogP contribution in [0.5, 0.6) is 0 Å². The predicted molar refractivity (Wildman–Crippen MR) is 154 cm³/mol. The van der Waals surface area contributed by atoms with Gasteiger partial charge in [0.1, 0.15) is 17.0 Å². The first kappa shape index (κ1) is 27.5. The number of piperazine rings is 1. The number of fused-ring (bicyclic) bond motifs is 1. The predicted octanol–water partition coefficient (Wildman–Crippen LogP) is 4.22. The average Bonchev–Trinajstić information content (AvgIpc) is 3.82. The monoisotopic (exact) mass is 596 g/mol. The van der Waals surface area contributed by atoms with E-state index in [9.17, 15) is 13.6 Å². The van der Waals surface area contributed by atoms with Gasteiger partial charge in [-0.3, -0.25) is 14.7 Å². The van der Waals surface area contributed by atoms with Crippen molar-refractivity contribution in [3.05, 3.63) is 96.3 Å². The first-order chi connectivity index (χ1) is 21.4. The van der Waals surface area contributed by atoms with Gasteiger partial charge < -0.3 is 13.9 Å². The quantitative estimate of drug-likeness (QED) is 0.266. The Bertz CT molecular complexity index is 1930. The lowest BCUT2D eigenvalue weighted by Crippen LogP contribution is -2.50. The first-order valence-electron chi connectivity index (χ1n) is 13.9. The van der Waals surface area contributed by atoms with E-state index in [1.54, 1.807) is 29.4 Å². The number of nitrogens with zero attached hydrogens (tertiary/aromatic N) is 10. The molecule has 0 unspecified atom stereocenters. The Morgan fingerprint density at radius 3 is 2.48 bits per heavy atom. The smallest absolute Gasteiger partial charge is 0.350 e. The Morgan fingerprint density at radius 2 is 1.75 bits per heavy atom. The third-order valence-corrected chi connectivity index (χ3v) is 7.64. The van der Waals surface area contributed by atoms with Crippen molar-refractivity contribution in [1.82, 2.24) is 49.5 Å². The molecule has 14 heteroatoms. The summed E-state index contributed by atoms with van der Waals surface area (Å²) in [5, 5.41) is 11.4. The van der Waals surface area contributed by atoms with Gasteiger partial charge in [0.2, 0.25) is 5.89 Å². The Balaban J connectivity index is 1.08. The summed E-state index contributed by atoms with van der Waals surface area (Å²) in [6, 6.07) is 18.1. The summed E-state index contributed by atoms with van der Waals surface area (Å²) >= 11 is 0. The second kappa shape index (κ2) is 11.4. The van der Waals surface area contributed by atoms with E-state index in [1.165, 1.54) is 0 Å². The summed E-state index contributed by atoms with van der Waals surface area (Å²) in [6.07, 6.45) is 5.18. The molecule has 1 fully saturated rings. The molecular formula is C30H26F2N10O2. The molecule has 1 saturated heterocycles. The summed E-state index contributed by atoms with van der Waals surface area (Å²) < 4.78 is 34.4. The van der Waals surface area contributed by atoms with Gasteiger partial charge >= 0.3 is 6.55 Å². The molecule has 0 aliphatic carbocycles. The van der Waals surface area contributed by atoms with E-state index in [1.807, 2.05) is 66.3 Å². The average molecular weight is 597 g/mol. The highest BCUT2D eigenvalue weighted by molar-refractivity contribution is 5.93. The van der Waals surface area contributed by atoms with Gasteiger partial charge in [-0.2, -0.15) is 8.78 Å². The number of tetrazole rings is 1. The van der Waals surface area contributed by atoms with Crippen molar-refractivity contribution in [2.75, 3.05) is 26.2 Å². The fourth-order valence-electron chi connectivity index (χ4n) is 5.44. The van der Waals surface area contributed by atoms with E-state index in [0.717, 1.165) is 17.0 Å². The molecule has 1 atom stereocenters. The topological polar surface area (TPSA) is 124 Å². The molecule has 44 heavy (non-hydrogen) atoms. The van der Waals surface area contributed by atoms with Gasteiger partial charge in [-0.15, -0.1) is 10.2 Å². The first-order valence-corrected chi connectivity index (χ1v) is 13.9. The third-order valence-electron chi connectivity index (χ3n) is 7.64. The van der Waals surface area contributed by atoms with Crippen LogP contribution >= 0.6 is 0 Å². The standard InChI is InChI=1S/C30H26F2N10O2/c1-39-12-11-34-27(39)20-7-8-22-24(18-20)44-28(35-22)21-9-10-33-23(17-21)29(43)41-15-13-40(14-16-41)25(19-5-3-2-4-6-19)26-36-38-42(37-26)30(31)32/h2-12,17-18,25,30H,13-16H2,1H3/t25-/m0/s1. The molecule has 222 valence electrons. The van der Waals surface area contributed by atoms with Gasteiger partial charge in [0.25, 0.3) is 5.91 Å². The van der Waals surface area contributed by atoms with E-state index in [4.69, 9.17) is 4.42 Å². The zero-order valence-corrected chi connectivity index (χ0v) is 23.5. The number of aromatic nitrogens is 8. The van der Waals surface area contributed by atoms with Crippen molar-refractivity contribution in [2.45, 2.75) is 12.6 Å². The summed E-state index contributed by atoms with van der Waals surface area (Å²) in [4.78, 5) is 31.0. The van der Waals surface area contributed by atoms with Crippen LogP contribution in [0.25, 0.3) is 33.9 Å². The largest absolute Gasteiger partial charge is 0.436 e. The maximum absolute atomic E-state index is 13.5. The van der Waals surface area contributed by atoms with Gasteiger partial charge in [-0.05, 0) is 41.1 Å². The number of hydrogen-bond acceptors (Lipinski definition) is 9. The number of carbonyl (C=O) groups excluding carboxylic acids is 1. The van der Waals surface area contributed by atoms with E-state index in [-0.39, 0.29) is 17.4 Å². The number of hydrogen-bond donors (Lipinski definition) is 0. The third kappa shape index (κ3) is 5.19. The number of pyridine rings is 1. The lowest BCUT2D eigenvalue weighted by atomic mass is 10.0. The van der Waals surface area contributed by atoms with Gasteiger partial charge in [0.15, 0.2) is 11.4 Å². The lowest BCUT2D eigenvalue weighted by Gasteiger charge is -2.38. The highest BCUT2D eigenvalue weighted by atomic mass is 19.3. The van der Waals surface area contributed by atoms with Crippen molar-refractivity contribution in [2.24, 2.45) is 7.05 Å². The van der Waals surface area contributed by atoms with E-state index < -0.39 is 12.6 Å². The van der Waals surface area contributed by atoms with Gasteiger partial charge in [-0.1, -0.05) is 35.1 Å². The molecule has 1 aliphatic heterocycles. The Labute approximate surface area is 249 Å². The number of rotatable bonds is 7. The number of oxazole rings is 1. The number of alkyl halides is 2. The molecule has 0 spiro atoms. The molecule has 5 heterocycles. The minimum absolute atomic E-state index is 0.177. The summed E-state index contributed by atoms with van der Waals surface area (Å²) in [5.41, 5.74) is 3.96. The van der Waals surface area contributed by atoms with Crippen molar-refractivity contribution < 1.29 is 18.0 Å². The molecule has 1 aliphatic rings. The van der Waals surface area contributed by atoms with Crippen LogP contribution in [0, 0.1) is 0 Å². The number of halogens is 2. The molecule has 0 bridgehead atoms. The SMILES string of the molecule is Cn1ccnc1-c1ccc2nc(-c3ccnc(C(=O)N4CCN([C@@H](c5ccccc5)c5nnn(C(F)F)n5)CC4)c3)oc2c1.